The second kappa shape index (κ2) is 7.52. The van der Waals surface area contributed by atoms with E-state index in [4.69, 9.17) is 21.6 Å². The molecule has 7 nitrogen and oxygen atoms in total. The van der Waals surface area contributed by atoms with Crippen LogP contribution in [0.25, 0.3) is 5.65 Å². The molecule has 28 heavy (non-hydrogen) atoms. The third-order valence-electron chi connectivity index (χ3n) is 3.96. The third kappa shape index (κ3) is 3.80. The molecule has 0 aromatic carbocycles. The number of aromatic nitrogens is 4. The number of alkyl halides is 3. The molecule has 0 fully saturated rings. The zero-order valence-corrected chi connectivity index (χ0v) is 15.3. The lowest BCUT2D eigenvalue weighted by Gasteiger charge is -2.13. The van der Waals surface area contributed by atoms with E-state index >= 15 is 0 Å². The quantitative estimate of drug-likeness (QED) is 0.644. The number of halogens is 4. The van der Waals surface area contributed by atoms with Gasteiger partial charge in [0, 0.05) is 25.0 Å². The van der Waals surface area contributed by atoms with Gasteiger partial charge in [-0.2, -0.15) is 23.5 Å². The zero-order chi connectivity index (χ0) is 20.5. The van der Waals surface area contributed by atoms with Gasteiger partial charge >= 0.3 is 6.18 Å². The highest BCUT2D eigenvalue weighted by Crippen LogP contribution is 2.30. The van der Waals surface area contributed by atoms with Crippen LogP contribution < -0.4 is 10.3 Å². The van der Waals surface area contributed by atoms with E-state index in [2.05, 4.69) is 10.1 Å². The summed E-state index contributed by atoms with van der Waals surface area (Å²) in [5.74, 6) is 0.435. The summed E-state index contributed by atoms with van der Waals surface area (Å²) in [6.07, 6.45) is -4.18. The number of pyridine rings is 1. The summed E-state index contributed by atoms with van der Waals surface area (Å²) in [5, 5.41) is 12.0. The highest BCUT2D eigenvalue weighted by atomic mass is 35.5. The van der Waals surface area contributed by atoms with Crippen LogP contribution in [0.15, 0.2) is 29.1 Å². The lowest BCUT2D eigenvalue weighted by molar-refractivity contribution is -0.141. The molecule has 0 amide bonds. The van der Waals surface area contributed by atoms with E-state index in [1.54, 1.807) is 12.1 Å². The topological polar surface area (TPSA) is 85.2 Å². The standard InChI is InChI=1S/C17H13ClF3N5O2/c1-28-12-4-5-15-23-10(7-16(27)26(15)11(12)3-2-6-22)9-25-14(18)8-13(24-25)17(19,20)21/h4-5,7-8H,2-3,9H2,1H3. The average molecular weight is 412 g/mol. The summed E-state index contributed by atoms with van der Waals surface area (Å²) in [4.78, 5) is 16.9. The van der Waals surface area contributed by atoms with Crippen molar-refractivity contribution in [2.24, 2.45) is 0 Å². The van der Waals surface area contributed by atoms with E-state index in [-0.39, 0.29) is 35.9 Å². The Hall–Kier alpha value is -3.06. The monoisotopic (exact) mass is 411 g/mol. The maximum Gasteiger partial charge on any atom is 0.435 e. The maximum atomic E-state index is 12.8. The Labute approximate surface area is 161 Å². The van der Waals surface area contributed by atoms with E-state index in [0.29, 0.717) is 17.5 Å². The summed E-state index contributed by atoms with van der Waals surface area (Å²) in [7, 11) is 1.45. The fourth-order valence-electron chi connectivity index (χ4n) is 2.76. The van der Waals surface area contributed by atoms with Crippen molar-refractivity contribution in [3.8, 4) is 11.8 Å². The van der Waals surface area contributed by atoms with Crippen LogP contribution in [0.3, 0.4) is 0 Å². The fourth-order valence-corrected chi connectivity index (χ4v) is 2.96. The lowest BCUT2D eigenvalue weighted by atomic mass is 10.2. The number of nitriles is 1. The minimum absolute atomic E-state index is 0.173. The minimum Gasteiger partial charge on any atom is -0.495 e. The molecule has 0 aliphatic rings. The van der Waals surface area contributed by atoms with Gasteiger partial charge in [0.05, 0.1) is 31.1 Å². The van der Waals surface area contributed by atoms with Gasteiger partial charge in [-0.1, -0.05) is 11.6 Å². The molecule has 3 aromatic heterocycles. The van der Waals surface area contributed by atoms with Crippen molar-refractivity contribution in [1.82, 2.24) is 19.2 Å². The molecule has 3 rings (SSSR count). The number of ether oxygens (including phenoxy) is 1. The Morgan fingerprint density at radius 1 is 1.32 bits per heavy atom. The number of hydrogen-bond acceptors (Lipinski definition) is 5. The molecule has 3 heterocycles. The van der Waals surface area contributed by atoms with Gasteiger partial charge in [0.15, 0.2) is 5.69 Å². The predicted molar refractivity (Wildman–Crippen MR) is 93.3 cm³/mol. The predicted octanol–water partition coefficient (Wildman–Crippen LogP) is 3.08. The van der Waals surface area contributed by atoms with Crippen LogP contribution >= 0.6 is 11.6 Å². The molecule has 11 heteroatoms. The van der Waals surface area contributed by atoms with Gasteiger partial charge in [-0.25, -0.2) is 9.67 Å². The number of aryl methyl sites for hydroxylation is 1. The van der Waals surface area contributed by atoms with Crippen LogP contribution in [0, 0.1) is 11.3 Å². The van der Waals surface area contributed by atoms with Crippen molar-refractivity contribution in [2.45, 2.75) is 25.6 Å². The van der Waals surface area contributed by atoms with Crippen molar-refractivity contribution in [3.63, 3.8) is 0 Å². The second-order valence-corrected chi connectivity index (χ2v) is 6.18. The van der Waals surface area contributed by atoms with Gasteiger partial charge in [0.1, 0.15) is 16.5 Å². The molecule has 0 aliphatic heterocycles. The van der Waals surface area contributed by atoms with Crippen LogP contribution in [-0.4, -0.2) is 26.3 Å². The van der Waals surface area contributed by atoms with Gasteiger partial charge in [0.2, 0.25) is 0 Å². The van der Waals surface area contributed by atoms with Crippen molar-refractivity contribution in [3.05, 3.63) is 56.9 Å². The lowest BCUT2D eigenvalue weighted by Crippen LogP contribution is -2.21. The van der Waals surface area contributed by atoms with Crippen LogP contribution in [0.2, 0.25) is 5.15 Å². The molecule has 0 atom stereocenters. The second-order valence-electron chi connectivity index (χ2n) is 5.79. The first-order chi connectivity index (χ1) is 13.2. The van der Waals surface area contributed by atoms with Gasteiger partial charge < -0.3 is 4.74 Å². The number of fused-ring (bicyclic) bond motifs is 1. The molecule has 0 unspecified atom stereocenters. The van der Waals surface area contributed by atoms with Gasteiger partial charge in [-0.05, 0) is 12.1 Å². The van der Waals surface area contributed by atoms with Gasteiger partial charge in [0.25, 0.3) is 5.56 Å². The molecule has 0 bridgehead atoms. The Morgan fingerprint density at radius 3 is 2.68 bits per heavy atom. The molecule has 0 saturated carbocycles. The van der Waals surface area contributed by atoms with E-state index < -0.39 is 17.4 Å². The van der Waals surface area contributed by atoms with Crippen LogP contribution in [-0.2, 0) is 19.1 Å². The number of methoxy groups -OCH3 is 1. The van der Waals surface area contributed by atoms with E-state index in [1.165, 1.54) is 17.6 Å². The van der Waals surface area contributed by atoms with Crippen molar-refractivity contribution < 1.29 is 17.9 Å². The third-order valence-corrected chi connectivity index (χ3v) is 4.27. The summed E-state index contributed by atoms with van der Waals surface area (Å²) in [5.41, 5.74) is -0.623. The molecule has 0 radical (unpaired) electrons. The fraction of sp³-hybridized carbons (Fsp3) is 0.294. The first kappa shape index (κ1) is 19.7. The molecular weight excluding hydrogens is 399 g/mol. The highest BCUT2D eigenvalue weighted by molar-refractivity contribution is 6.29. The van der Waals surface area contributed by atoms with Crippen molar-refractivity contribution in [1.29, 1.82) is 5.26 Å². The molecule has 0 aliphatic carbocycles. The Balaban J connectivity index is 2.05. The highest BCUT2D eigenvalue weighted by Gasteiger charge is 2.34. The largest absolute Gasteiger partial charge is 0.495 e. The number of nitrogens with zero attached hydrogens (tertiary/aromatic N) is 5. The van der Waals surface area contributed by atoms with E-state index in [9.17, 15) is 18.0 Å². The maximum absolute atomic E-state index is 12.8. The average Bonchev–Trinajstić information content (AvgIpc) is 3.00. The smallest absolute Gasteiger partial charge is 0.435 e. The molecule has 0 spiro atoms. The molecule has 0 N–H and O–H groups in total. The van der Waals surface area contributed by atoms with Crippen molar-refractivity contribution >= 4 is 17.2 Å². The van der Waals surface area contributed by atoms with Gasteiger partial charge in [-0.15, -0.1) is 0 Å². The summed E-state index contributed by atoms with van der Waals surface area (Å²) >= 11 is 5.82. The zero-order valence-electron chi connectivity index (χ0n) is 14.5. The van der Waals surface area contributed by atoms with Crippen LogP contribution in [0.5, 0.6) is 5.75 Å². The van der Waals surface area contributed by atoms with Crippen molar-refractivity contribution in [2.75, 3.05) is 7.11 Å². The molecule has 146 valence electrons. The first-order valence-electron chi connectivity index (χ1n) is 8.00. The summed E-state index contributed by atoms with van der Waals surface area (Å²) in [6, 6.07) is 7.06. The van der Waals surface area contributed by atoms with Gasteiger partial charge in [-0.3, -0.25) is 9.20 Å². The van der Waals surface area contributed by atoms with E-state index in [0.717, 1.165) is 4.68 Å². The number of hydrogen-bond donors (Lipinski definition) is 0. The number of rotatable bonds is 5. The van der Waals surface area contributed by atoms with E-state index in [1.807, 2.05) is 6.07 Å². The summed E-state index contributed by atoms with van der Waals surface area (Å²) in [6.45, 7) is -0.208. The SMILES string of the molecule is COc1ccc2nc(Cn3nc(C(F)(F)F)cc3Cl)cc(=O)n2c1CCC#N. The Kier molecular flexibility index (Phi) is 5.29. The molecule has 3 aromatic rings. The Bertz CT molecular complexity index is 1130. The Morgan fingerprint density at radius 2 is 2.07 bits per heavy atom. The molecular formula is C17H13ClF3N5O2. The molecule has 0 saturated heterocycles. The first-order valence-corrected chi connectivity index (χ1v) is 8.38. The van der Waals surface area contributed by atoms with Crippen LogP contribution in [0.1, 0.15) is 23.5 Å². The summed E-state index contributed by atoms with van der Waals surface area (Å²) < 4.78 is 45.8. The van der Waals surface area contributed by atoms with Crippen LogP contribution in [0.4, 0.5) is 13.2 Å². The minimum atomic E-state index is -4.63. The normalized spacial score (nSPS) is 11.6.